The van der Waals surface area contributed by atoms with Gasteiger partial charge in [-0.15, -0.1) is 0 Å². The summed E-state index contributed by atoms with van der Waals surface area (Å²) in [6, 6.07) is 32.7. The van der Waals surface area contributed by atoms with Crippen molar-refractivity contribution >= 4 is 48.2 Å². The number of halogens is 1. The highest BCUT2D eigenvalue weighted by atomic mass is 79.9. The molecule has 25 heavy (non-hydrogen) atoms. The standard InChI is InChI=1S/C24H15Br/c25-24-10-4-9-21-20-8-3-7-19(22(20)13-14-23(21)24)18-12-11-16-5-1-2-6-17(16)15-18/h1-15H. The zero-order valence-corrected chi connectivity index (χ0v) is 15.1. The van der Waals surface area contributed by atoms with E-state index in [1.807, 2.05) is 0 Å². The fourth-order valence-electron chi connectivity index (χ4n) is 3.70. The molecule has 0 bridgehead atoms. The highest BCUT2D eigenvalue weighted by Gasteiger charge is 2.08. The number of hydrogen-bond acceptors (Lipinski definition) is 0. The van der Waals surface area contributed by atoms with Crippen molar-refractivity contribution in [3.8, 4) is 11.1 Å². The van der Waals surface area contributed by atoms with Crippen LogP contribution in [0.3, 0.4) is 0 Å². The Morgan fingerprint density at radius 2 is 1.20 bits per heavy atom. The van der Waals surface area contributed by atoms with E-state index >= 15 is 0 Å². The van der Waals surface area contributed by atoms with Crippen LogP contribution in [0.15, 0.2) is 95.5 Å². The molecule has 1 heteroatoms. The summed E-state index contributed by atoms with van der Waals surface area (Å²) in [6.07, 6.45) is 0. The fourth-order valence-corrected chi connectivity index (χ4v) is 4.19. The summed E-state index contributed by atoms with van der Waals surface area (Å²) in [7, 11) is 0. The highest BCUT2D eigenvalue weighted by Crippen LogP contribution is 2.36. The van der Waals surface area contributed by atoms with Crippen molar-refractivity contribution < 1.29 is 0 Å². The Balaban J connectivity index is 1.83. The lowest BCUT2D eigenvalue weighted by Gasteiger charge is -2.11. The Kier molecular flexibility index (Phi) is 3.36. The summed E-state index contributed by atoms with van der Waals surface area (Å²) in [5, 5.41) is 7.69. The average Bonchev–Trinajstić information content (AvgIpc) is 2.67. The Morgan fingerprint density at radius 3 is 2.08 bits per heavy atom. The molecule has 0 saturated carbocycles. The van der Waals surface area contributed by atoms with E-state index in [4.69, 9.17) is 0 Å². The highest BCUT2D eigenvalue weighted by molar-refractivity contribution is 9.10. The van der Waals surface area contributed by atoms with Crippen LogP contribution in [0.25, 0.3) is 43.4 Å². The second-order valence-electron chi connectivity index (χ2n) is 6.36. The Hall–Kier alpha value is -2.64. The van der Waals surface area contributed by atoms with Gasteiger partial charge in [0.25, 0.3) is 0 Å². The smallest absolute Gasteiger partial charge is 0.0253 e. The van der Waals surface area contributed by atoms with Crippen LogP contribution in [0, 0.1) is 0 Å². The maximum atomic E-state index is 3.67. The summed E-state index contributed by atoms with van der Waals surface area (Å²) in [5.74, 6) is 0. The number of rotatable bonds is 1. The maximum absolute atomic E-state index is 3.67. The zero-order chi connectivity index (χ0) is 16.8. The predicted molar refractivity (Wildman–Crippen MR) is 112 cm³/mol. The summed E-state index contributed by atoms with van der Waals surface area (Å²) in [5.41, 5.74) is 2.55. The molecular formula is C24H15Br. The van der Waals surface area contributed by atoms with Gasteiger partial charge in [0.1, 0.15) is 0 Å². The lowest BCUT2D eigenvalue weighted by Crippen LogP contribution is -1.84. The molecule has 0 aliphatic rings. The molecule has 0 spiro atoms. The lowest BCUT2D eigenvalue weighted by molar-refractivity contribution is 1.68. The first-order valence-electron chi connectivity index (χ1n) is 8.40. The van der Waals surface area contributed by atoms with E-state index < -0.39 is 0 Å². The van der Waals surface area contributed by atoms with Crippen LogP contribution in [0.1, 0.15) is 0 Å². The van der Waals surface area contributed by atoms with E-state index in [-0.39, 0.29) is 0 Å². The zero-order valence-electron chi connectivity index (χ0n) is 13.5. The van der Waals surface area contributed by atoms with Gasteiger partial charge >= 0.3 is 0 Å². The van der Waals surface area contributed by atoms with Crippen LogP contribution in [0.5, 0.6) is 0 Å². The molecule has 0 aliphatic carbocycles. The predicted octanol–water partition coefficient (Wildman–Crippen LogP) is 7.58. The molecule has 118 valence electrons. The quantitative estimate of drug-likeness (QED) is 0.262. The van der Waals surface area contributed by atoms with E-state index in [0.717, 1.165) is 4.47 Å². The molecule has 0 atom stereocenters. The van der Waals surface area contributed by atoms with E-state index in [9.17, 15) is 0 Å². The van der Waals surface area contributed by atoms with Gasteiger partial charge < -0.3 is 0 Å². The minimum absolute atomic E-state index is 1.14. The van der Waals surface area contributed by atoms with Gasteiger partial charge in [-0.3, -0.25) is 0 Å². The molecule has 0 unspecified atom stereocenters. The van der Waals surface area contributed by atoms with Crippen LogP contribution in [-0.4, -0.2) is 0 Å². The molecule has 0 aromatic heterocycles. The Labute approximate surface area is 154 Å². The molecule has 5 aromatic carbocycles. The molecule has 0 nitrogen and oxygen atoms in total. The van der Waals surface area contributed by atoms with Gasteiger partial charge in [-0.25, -0.2) is 0 Å². The van der Waals surface area contributed by atoms with E-state index in [2.05, 4.69) is 107 Å². The summed E-state index contributed by atoms with van der Waals surface area (Å²) in [4.78, 5) is 0. The molecule has 0 radical (unpaired) electrons. The van der Waals surface area contributed by atoms with E-state index in [0.29, 0.717) is 0 Å². The third-order valence-electron chi connectivity index (χ3n) is 4.93. The van der Waals surface area contributed by atoms with Crippen LogP contribution < -0.4 is 0 Å². The number of benzene rings is 5. The second-order valence-corrected chi connectivity index (χ2v) is 7.22. The molecule has 0 fully saturated rings. The summed E-state index contributed by atoms with van der Waals surface area (Å²) < 4.78 is 1.14. The van der Waals surface area contributed by atoms with Crippen molar-refractivity contribution in [2.24, 2.45) is 0 Å². The third-order valence-corrected chi connectivity index (χ3v) is 5.62. The van der Waals surface area contributed by atoms with E-state index in [1.165, 1.54) is 43.4 Å². The molecule has 0 amide bonds. The van der Waals surface area contributed by atoms with Gasteiger partial charge in [-0.2, -0.15) is 0 Å². The number of fused-ring (bicyclic) bond motifs is 4. The monoisotopic (exact) mass is 382 g/mol. The molecule has 0 aliphatic heterocycles. The van der Waals surface area contributed by atoms with Crippen LogP contribution in [0.4, 0.5) is 0 Å². The van der Waals surface area contributed by atoms with Gasteiger partial charge in [-0.1, -0.05) is 94.8 Å². The first-order valence-corrected chi connectivity index (χ1v) is 9.20. The van der Waals surface area contributed by atoms with Gasteiger partial charge in [0.2, 0.25) is 0 Å². The van der Waals surface area contributed by atoms with Gasteiger partial charge in [0.05, 0.1) is 0 Å². The minimum Gasteiger partial charge on any atom is -0.0616 e. The van der Waals surface area contributed by atoms with Crippen LogP contribution in [0.2, 0.25) is 0 Å². The van der Waals surface area contributed by atoms with Crippen molar-refractivity contribution in [3.05, 3.63) is 95.5 Å². The first-order chi connectivity index (χ1) is 12.3. The first kappa shape index (κ1) is 14.7. The SMILES string of the molecule is Brc1cccc2c1ccc1c(-c3ccc4ccccc4c3)cccc12. The average molecular weight is 383 g/mol. The largest absolute Gasteiger partial charge is 0.0616 e. The van der Waals surface area contributed by atoms with Crippen LogP contribution in [-0.2, 0) is 0 Å². The van der Waals surface area contributed by atoms with Crippen molar-refractivity contribution in [2.75, 3.05) is 0 Å². The van der Waals surface area contributed by atoms with Crippen molar-refractivity contribution in [3.63, 3.8) is 0 Å². The van der Waals surface area contributed by atoms with Crippen LogP contribution >= 0.6 is 15.9 Å². The van der Waals surface area contributed by atoms with Gasteiger partial charge in [0, 0.05) is 4.47 Å². The molecule has 5 rings (SSSR count). The van der Waals surface area contributed by atoms with Gasteiger partial charge in [-0.05, 0) is 55.6 Å². The lowest BCUT2D eigenvalue weighted by atomic mass is 9.93. The molecule has 0 saturated heterocycles. The van der Waals surface area contributed by atoms with Crippen molar-refractivity contribution in [1.29, 1.82) is 0 Å². The fraction of sp³-hybridized carbons (Fsp3) is 0. The third kappa shape index (κ3) is 2.35. The van der Waals surface area contributed by atoms with E-state index in [1.54, 1.807) is 0 Å². The molecule has 0 N–H and O–H groups in total. The Morgan fingerprint density at radius 1 is 0.480 bits per heavy atom. The topological polar surface area (TPSA) is 0 Å². The molecular weight excluding hydrogens is 368 g/mol. The molecule has 5 aromatic rings. The molecule has 0 heterocycles. The van der Waals surface area contributed by atoms with Crippen molar-refractivity contribution in [2.45, 2.75) is 0 Å². The summed E-state index contributed by atoms with van der Waals surface area (Å²) in [6.45, 7) is 0. The van der Waals surface area contributed by atoms with Gasteiger partial charge in [0.15, 0.2) is 0 Å². The van der Waals surface area contributed by atoms with Crippen molar-refractivity contribution in [1.82, 2.24) is 0 Å². The summed E-state index contributed by atoms with van der Waals surface area (Å²) >= 11 is 3.67. The maximum Gasteiger partial charge on any atom is 0.0253 e. The normalized spacial score (nSPS) is 11.4. The Bertz CT molecular complexity index is 1250. The second kappa shape index (κ2) is 5.72. The number of hydrogen-bond donors (Lipinski definition) is 0. The minimum atomic E-state index is 1.14.